The molecule has 2 nitrogen and oxygen atoms in total. The standard InChI is InChI=1S/2C42H25NS2/c1-2-11-31(12-3-1)43-37-16-7-6-13-34(37)42-40(43)35-15-8-14-32(41(35)45-42)27-19-17-26(18-20-27)30-21-22-33-36-23-28-9-4-5-10-29(28)24-39(36)44-38(33)25-30;1-2-10-30(11-3-1)43-36-16-7-6-13-33(36)42-40(43)35-15-8-14-32(41(35)45-42)28-19-17-26(18-20-28)29-21-23-34-38(25-29)44-37-24-22-27-9-4-5-12-31(27)39(34)37/h2*1-25H. The molecular weight excluding hydrogens is 1170 g/mol. The van der Waals surface area contributed by atoms with Crippen molar-refractivity contribution in [3.8, 4) is 55.9 Å². The van der Waals surface area contributed by atoms with E-state index in [0.717, 1.165) is 0 Å². The van der Waals surface area contributed by atoms with Crippen molar-refractivity contribution in [3.63, 3.8) is 0 Å². The van der Waals surface area contributed by atoms with Crippen LogP contribution in [0.5, 0.6) is 0 Å². The summed E-state index contributed by atoms with van der Waals surface area (Å²) in [5, 5.41) is 15.9. The molecule has 0 atom stereocenters. The van der Waals surface area contributed by atoms with E-state index in [4.69, 9.17) is 0 Å². The Balaban J connectivity index is 0.000000130. The number of aromatic nitrogens is 2. The molecule has 0 N–H and O–H groups in total. The highest BCUT2D eigenvalue weighted by atomic mass is 32.1. The summed E-state index contributed by atoms with van der Waals surface area (Å²) in [4.78, 5) is 0. The first kappa shape index (κ1) is 51.6. The molecule has 6 aromatic heterocycles. The third-order valence-electron chi connectivity index (χ3n) is 18.4. The highest BCUT2D eigenvalue weighted by Crippen LogP contribution is 2.49. The smallest absolute Gasteiger partial charge is 0.0727 e. The molecule has 0 radical (unpaired) electrons. The van der Waals surface area contributed by atoms with Crippen LogP contribution in [0.25, 0.3) is 180 Å². The van der Waals surface area contributed by atoms with E-state index in [-0.39, 0.29) is 0 Å². The lowest BCUT2D eigenvalue weighted by Gasteiger charge is -2.09. The summed E-state index contributed by atoms with van der Waals surface area (Å²) < 4.78 is 15.6. The summed E-state index contributed by atoms with van der Waals surface area (Å²) in [7, 11) is 0. The third-order valence-corrected chi connectivity index (χ3v) is 23.1. The number of thiophene rings is 4. The molecule has 6 heterocycles. The van der Waals surface area contributed by atoms with Crippen LogP contribution in [0.4, 0.5) is 0 Å². The summed E-state index contributed by atoms with van der Waals surface area (Å²) in [5.74, 6) is 0. The lowest BCUT2D eigenvalue weighted by Crippen LogP contribution is -1.92. The molecule has 0 fully saturated rings. The van der Waals surface area contributed by atoms with E-state index in [1.54, 1.807) is 0 Å². The van der Waals surface area contributed by atoms with Crippen molar-refractivity contribution in [3.05, 3.63) is 303 Å². The lowest BCUT2D eigenvalue weighted by molar-refractivity contribution is 1.19. The molecule has 90 heavy (non-hydrogen) atoms. The maximum atomic E-state index is 2.43. The third kappa shape index (κ3) is 8.12. The largest absolute Gasteiger partial charge is 0.308 e. The number of para-hydroxylation sites is 4. The number of hydrogen-bond acceptors (Lipinski definition) is 4. The van der Waals surface area contributed by atoms with Crippen LogP contribution in [0.2, 0.25) is 0 Å². The van der Waals surface area contributed by atoms with Crippen molar-refractivity contribution < 1.29 is 0 Å². The second kappa shape index (κ2) is 20.6. The first-order valence-corrected chi connectivity index (χ1v) is 33.8. The zero-order valence-electron chi connectivity index (χ0n) is 48.4. The van der Waals surface area contributed by atoms with Gasteiger partial charge in [0, 0.05) is 82.7 Å². The second-order valence-corrected chi connectivity index (χ2v) is 27.6. The van der Waals surface area contributed by atoms with Crippen molar-refractivity contribution in [1.29, 1.82) is 0 Å². The van der Waals surface area contributed by atoms with Crippen LogP contribution in [-0.2, 0) is 0 Å². The highest BCUT2D eigenvalue weighted by molar-refractivity contribution is 7.28. The minimum absolute atomic E-state index is 1.20. The van der Waals surface area contributed by atoms with E-state index >= 15 is 0 Å². The van der Waals surface area contributed by atoms with Gasteiger partial charge >= 0.3 is 0 Å². The van der Waals surface area contributed by atoms with Crippen molar-refractivity contribution in [2.45, 2.75) is 0 Å². The Kier molecular flexibility index (Phi) is 11.8. The topological polar surface area (TPSA) is 9.86 Å². The molecular formula is C84H50N2S4. The van der Waals surface area contributed by atoms with Crippen LogP contribution < -0.4 is 0 Å². The fraction of sp³-hybridized carbons (Fsp3) is 0. The molecule has 420 valence electrons. The number of nitrogens with zero attached hydrogens (tertiary/aromatic N) is 2. The average Bonchev–Trinajstić information content (AvgIpc) is 2.09. The summed E-state index contributed by atoms with van der Waals surface area (Å²) in [5.41, 5.74) is 17.6. The van der Waals surface area contributed by atoms with Gasteiger partial charge in [-0.3, -0.25) is 0 Å². The quantitative estimate of drug-likeness (QED) is 0.157. The molecule has 6 heteroatoms. The molecule has 0 aliphatic heterocycles. The van der Waals surface area contributed by atoms with E-state index < -0.39 is 0 Å². The number of fused-ring (bicyclic) bond motifs is 19. The molecule has 0 aliphatic rings. The van der Waals surface area contributed by atoms with Crippen molar-refractivity contribution in [1.82, 2.24) is 9.13 Å². The second-order valence-electron chi connectivity index (χ2n) is 23.4. The van der Waals surface area contributed by atoms with Gasteiger partial charge in [-0.05, 0) is 133 Å². The maximum Gasteiger partial charge on any atom is 0.0727 e. The number of benzene rings is 14. The monoisotopic (exact) mass is 1210 g/mol. The van der Waals surface area contributed by atoms with Crippen LogP contribution in [0.15, 0.2) is 303 Å². The Morgan fingerprint density at radius 3 is 1.20 bits per heavy atom. The molecule has 0 saturated heterocycles. The Hall–Kier alpha value is -10.4. The molecule has 0 saturated carbocycles. The molecule has 0 aliphatic carbocycles. The van der Waals surface area contributed by atoms with Crippen LogP contribution >= 0.6 is 45.3 Å². The Morgan fingerprint density at radius 2 is 0.633 bits per heavy atom. The Bertz CT molecular complexity index is 6250. The zero-order valence-corrected chi connectivity index (χ0v) is 51.7. The van der Waals surface area contributed by atoms with Gasteiger partial charge in [0.05, 0.1) is 31.5 Å². The van der Waals surface area contributed by atoms with Gasteiger partial charge in [-0.1, -0.05) is 237 Å². The van der Waals surface area contributed by atoms with Crippen LogP contribution in [-0.4, -0.2) is 9.13 Å². The lowest BCUT2D eigenvalue weighted by atomic mass is 9.98. The van der Waals surface area contributed by atoms with Gasteiger partial charge in [0.2, 0.25) is 0 Å². The first-order valence-electron chi connectivity index (χ1n) is 30.5. The summed E-state index contributed by atoms with van der Waals surface area (Å²) >= 11 is 7.60. The molecule has 20 rings (SSSR count). The van der Waals surface area contributed by atoms with E-state index in [1.807, 2.05) is 45.3 Å². The van der Waals surface area contributed by atoms with Gasteiger partial charge in [0.15, 0.2) is 0 Å². The SMILES string of the molecule is c1ccc(-n2c3ccccc3c3sc4c(-c5ccc(-c6ccc7c(c6)sc6cc8ccccc8cc67)cc5)cccc4c32)cc1.c1ccc(-n2c3ccccc3c3sc4c(-c5ccc(-c6ccc7c(c6)sc6ccc8ccccc8c67)cc5)cccc4c32)cc1. The number of hydrogen-bond donors (Lipinski definition) is 0. The van der Waals surface area contributed by atoms with E-state index in [9.17, 15) is 0 Å². The molecule has 0 amide bonds. The van der Waals surface area contributed by atoms with Gasteiger partial charge in [-0.15, -0.1) is 45.3 Å². The Morgan fingerprint density at radius 1 is 0.211 bits per heavy atom. The van der Waals surface area contributed by atoms with Gasteiger partial charge in [0.25, 0.3) is 0 Å². The molecule has 20 aromatic rings. The first-order chi connectivity index (χ1) is 44.6. The number of rotatable bonds is 6. The summed E-state index contributed by atoms with van der Waals surface area (Å²) in [6, 6.07) is 111. The highest BCUT2D eigenvalue weighted by Gasteiger charge is 2.22. The normalized spacial score (nSPS) is 12.0. The predicted molar refractivity (Wildman–Crippen MR) is 395 cm³/mol. The van der Waals surface area contributed by atoms with E-state index in [1.165, 1.54) is 180 Å². The van der Waals surface area contributed by atoms with E-state index in [0.29, 0.717) is 0 Å². The Labute approximate surface area is 533 Å². The van der Waals surface area contributed by atoms with E-state index in [2.05, 4.69) is 312 Å². The predicted octanol–water partition coefficient (Wildman–Crippen LogP) is 25.7. The fourth-order valence-electron chi connectivity index (χ4n) is 14.2. The van der Waals surface area contributed by atoms with Gasteiger partial charge in [-0.2, -0.15) is 0 Å². The minimum atomic E-state index is 1.20. The zero-order chi connectivity index (χ0) is 59.0. The molecule has 0 spiro atoms. The van der Waals surface area contributed by atoms with Crippen molar-refractivity contribution in [2.75, 3.05) is 0 Å². The fourth-order valence-corrected chi connectivity index (χ4v) is 19.2. The van der Waals surface area contributed by atoms with Crippen molar-refractivity contribution >= 4 is 170 Å². The maximum absolute atomic E-state index is 2.43. The van der Waals surface area contributed by atoms with Gasteiger partial charge in [0.1, 0.15) is 0 Å². The summed E-state index contributed by atoms with van der Waals surface area (Å²) in [6.07, 6.45) is 0. The van der Waals surface area contributed by atoms with Gasteiger partial charge in [-0.25, -0.2) is 0 Å². The molecule has 0 bridgehead atoms. The summed E-state index contributed by atoms with van der Waals surface area (Å²) in [6.45, 7) is 0. The van der Waals surface area contributed by atoms with Crippen molar-refractivity contribution in [2.24, 2.45) is 0 Å². The van der Waals surface area contributed by atoms with Crippen LogP contribution in [0.3, 0.4) is 0 Å². The minimum Gasteiger partial charge on any atom is -0.308 e. The molecule has 0 unspecified atom stereocenters. The van der Waals surface area contributed by atoms with Crippen LogP contribution in [0, 0.1) is 0 Å². The van der Waals surface area contributed by atoms with Gasteiger partial charge < -0.3 is 9.13 Å². The van der Waals surface area contributed by atoms with Crippen LogP contribution in [0.1, 0.15) is 0 Å². The molecule has 14 aromatic carbocycles. The average molecular weight is 1220 g/mol.